The molecule has 3 rings (SSSR count). The van der Waals surface area contributed by atoms with Crippen LogP contribution in [0.25, 0.3) is 0 Å². The van der Waals surface area contributed by atoms with Gasteiger partial charge in [0.05, 0.1) is 6.04 Å². The molecule has 1 heterocycles. The van der Waals surface area contributed by atoms with Gasteiger partial charge in [-0.05, 0) is 49.4 Å². The number of rotatable bonds is 6. The summed E-state index contributed by atoms with van der Waals surface area (Å²) < 4.78 is 0. The number of carbonyl (C=O) groups is 1. The van der Waals surface area contributed by atoms with Crippen molar-refractivity contribution >= 4 is 5.91 Å². The van der Waals surface area contributed by atoms with Gasteiger partial charge >= 0.3 is 0 Å². The van der Waals surface area contributed by atoms with Crippen molar-refractivity contribution < 1.29 is 4.79 Å². The number of amides is 1. The Kier molecular flexibility index (Phi) is 6.02. The summed E-state index contributed by atoms with van der Waals surface area (Å²) >= 11 is 0. The van der Waals surface area contributed by atoms with E-state index in [9.17, 15) is 4.79 Å². The predicted molar refractivity (Wildman–Crippen MR) is 97.7 cm³/mol. The van der Waals surface area contributed by atoms with Crippen LogP contribution in [0.4, 0.5) is 0 Å². The minimum Gasteiger partial charge on any atom is -0.345 e. The second kappa shape index (κ2) is 8.65. The van der Waals surface area contributed by atoms with E-state index in [1.54, 1.807) is 0 Å². The zero-order valence-electron chi connectivity index (χ0n) is 14.1. The van der Waals surface area contributed by atoms with Gasteiger partial charge in [0, 0.05) is 6.42 Å². The van der Waals surface area contributed by atoms with E-state index in [0.29, 0.717) is 12.3 Å². The van der Waals surface area contributed by atoms with Gasteiger partial charge in [-0.15, -0.1) is 0 Å². The van der Waals surface area contributed by atoms with E-state index >= 15 is 0 Å². The summed E-state index contributed by atoms with van der Waals surface area (Å²) in [6, 6.07) is 20.3. The summed E-state index contributed by atoms with van der Waals surface area (Å²) in [6.07, 6.45) is 3.98. The maximum absolute atomic E-state index is 12.5. The third-order valence-corrected chi connectivity index (χ3v) is 4.81. The molecule has 0 radical (unpaired) electrons. The van der Waals surface area contributed by atoms with Crippen LogP contribution >= 0.6 is 0 Å². The van der Waals surface area contributed by atoms with E-state index in [2.05, 4.69) is 34.9 Å². The second-order valence-electron chi connectivity index (χ2n) is 6.55. The highest BCUT2D eigenvalue weighted by Gasteiger charge is 2.18. The summed E-state index contributed by atoms with van der Waals surface area (Å²) in [5.74, 6) is 0.829. The average molecular weight is 322 g/mol. The maximum Gasteiger partial charge on any atom is 0.220 e. The predicted octanol–water partition coefficient (Wildman–Crippen LogP) is 3.67. The molecule has 3 heteroatoms. The molecule has 2 aromatic rings. The van der Waals surface area contributed by atoms with E-state index < -0.39 is 0 Å². The number of nitrogens with one attached hydrogen (secondary N) is 2. The Morgan fingerprint density at radius 1 is 0.958 bits per heavy atom. The molecule has 2 N–H and O–H groups in total. The molecule has 0 atom stereocenters. The summed E-state index contributed by atoms with van der Waals surface area (Å²) in [6.45, 7) is 2.17. The molecule has 0 aliphatic carbocycles. The van der Waals surface area contributed by atoms with Gasteiger partial charge in [0.1, 0.15) is 0 Å². The molecule has 1 amide bonds. The Hall–Kier alpha value is -2.13. The molecule has 0 spiro atoms. The van der Waals surface area contributed by atoms with Crippen LogP contribution in [0.1, 0.15) is 42.9 Å². The van der Waals surface area contributed by atoms with E-state index in [1.165, 1.54) is 12.8 Å². The SMILES string of the molecule is O=C(CCC1CCNCC1)NC(c1ccccc1)c1ccccc1. The molecular weight excluding hydrogens is 296 g/mol. The van der Waals surface area contributed by atoms with Crippen molar-refractivity contribution in [1.29, 1.82) is 0 Å². The first-order valence-corrected chi connectivity index (χ1v) is 8.93. The third kappa shape index (κ3) is 4.68. The zero-order valence-corrected chi connectivity index (χ0v) is 14.1. The summed E-state index contributed by atoms with van der Waals surface area (Å²) in [5, 5.41) is 6.61. The highest BCUT2D eigenvalue weighted by Crippen LogP contribution is 2.23. The molecule has 3 nitrogen and oxygen atoms in total. The Morgan fingerprint density at radius 3 is 2.04 bits per heavy atom. The van der Waals surface area contributed by atoms with Crippen molar-refractivity contribution in [2.24, 2.45) is 5.92 Å². The van der Waals surface area contributed by atoms with Gasteiger partial charge in [-0.1, -0.05) is 60.7 Å². The van der Waals surface area contributed by atoms with Crippen LogP contribution in [0.3, 0.4) is 0 Å². The second-order valence-corrected chi connectivity index (χ2v) is 6.55. The van der Waals surface area contributed by atoms with E-state index in [0.717, 1.165) is 30.6 Å². The smallest absolute Gasteiger partial charge is 0.220 e. The number of piperidine rings is 1. The lowest BCUT2D eigenvalue weighted by Crippen LogP contribution is -2.31. The van der Waals surface area contributed by atoms with Gasteiger partial charge < -0.3 is 10.6 Å². The molecular formula is C21H26N2O. The monoisotopic (exact) mass is 322 g/mol. The van der Waals surface area contributed by atoms with E-state index in [1.807, 2.05) is 36.4 Å². The molecule has 0 saturated carbocycles. The highest BCUT2D eigenvalue weighted by atomic mass is 16.1. The van der Waals surface area contributed by atoms with Crippen LogP contribution in [0.2, 0.25) is 0 Å². The lowest BCUT2D eigenvalue weighted by Gasteiger charge is -2.23. The van der Waals surface area contributed by atoms with Crippen LogP contribution in [-0.4, -0.2) is 19.0 Å². The van der Waals surface area contributed by atoms with Crippen molar-refractivity contribution in [3.63, 3.8) is 0 Å². The van der Waals surface area contributed by atoms with Crippen molar-refractivity contribution in [2.45, 2.75) is 31.7 Å². The molecule has 1 aliphatic rings. The molecule has 1 aliphatic heterocycles. The van der Waals surface area contributed by atoms with Crippen molar-refractivity contribution in [3.05, 3.63) is 71.8 Å². The zero-order chi connectivity index (χ0) is 16.6. The largest absolute Gasteiger partial charge is 0.345 e. The van der Waals surface area contributed by atoms with E-state index in [-0.39, 0.29) is 11.9 Å². The van der Waals surface area contributed by atoms with Crippen molar-refractivity contribution in [1.82, 2.24) is 10.6 Å². The van der Waals surface area contributed by atoms with Crippen LogP contribution in [0.15, 0.2) is 60.7 Å². The minimum absolute atomic E-state index is 0.0760. The Balaban J connectivity index is 1.64. The normalized spacial score (nSPS) is 15.4. The molecule has 1 fully saturated rings. The first kappa shape index (κ1) is 16.7. The van der Waals surface area contributed by atoms with Crippen molar-refractivity contribution in [2.75, 3.05) is 13.1 Å². The average Bonchev–Trinajstić information content (AvgIpc) is 2.67. The first-order chi connectivity index (χ1) is 11.8. The third-order valence-electron chi connectivity index (χ3n) is 4.81. The minimum atomic E-state index is -0.0760. The molecule has 126 valence electrons. The van der Waals surface area contributed by atoms with Gasteiger partial charge in [-0.3, -0.25) is 4.79 Å². The summed E-state index contributed by atoms with van der Waals surface area (Å²) in [7, 11) is 0. The van der Waals surface area contributed by atoms with Gasteiger partial charge in [0.25, 0.3) is 0 Å². The maximum atomic E-state index is 12.5. The Morgan fingerprint density at radius 2 is 1.50 bits per heavy atom. The first-order valence-electron chi connectivity index (χ1n) is 8.93. The summed E-state index contributed by atoms with van der Waals surface area (Å²) in [4.78, 5) is 12.5. The molecule has 0 bridgehead atoms. The van der Waals surface area contributed by atoms with Gasteiger partial charge in [-0.2, -0.15) is 0 Å². The fourth-order valence-electron chi connectivity index (χ4n) is 3.39. The standard InChI is InChI=1S/C21H26N2O/c24-20(12-11-17-13-15-22-16-14-17)23-21(18-7-3-1-4-8-18)19-9-5-2-6-10-19/h1-10,17,21-22H,11-16H2,(H,23,24). The quantitative estimate of drug-likeness (QED) is 0.852. The van der Waals surface area contributed by atoms with Crippen LogP contribution in [0.5, 0.6) is 0 Å². The number of hydrogen-bond acceptors (Lipinski definition) is 2. The molecule has 1 saturated heterocycles. The number of hydrogen-bond donors (Lipinski definition) is 2. The topological polar surface area (TPSA) is 41.1 Å². The molecule has 0 unspecified atom stereocenters. The van der Waals surface area contributed by atoms with Gasteiger partial charge in [0.2, 0.25) is 5.91 Å². The Labute approximate surface area is 144 Å². The fraction of sp³-hybridized carbons (Fsp3) is 0.381. The fourth-order valence-corrected chi connectivity index (χ4v) is 3.39. The van der Waals surface area contributed by atoms with Crippen LogP contribution < -0.4 is 10.6 Å². The number of benzene rings is 2. The lowest BCUT2D eigenvalue weighted by molar-refractivity contribution is -0.121. The van der Waals surface area contributed by atoms with Gasteiger partial charge in [-0.25, -0.2) is 0 Å². The Bertz CT molecular complexity index is 581. The van der Waals surface area contributed by atoms with Crippen LogP contribution in [0, 0.1) is 5.92 Å². The molecule has 0 aromatic heterocycles. The van der Waals surface area contributed by atoms with Gasteiger partial charge in [0.15, 0.2) is 0 Å². The van der Waals surface area contributed by atoms with Crippen LogP contribution in [-0.2, 0) is 4.79 Å². The van der Waals surface area contributed by atoms with Crippen molar-refractivity contribution in [3.8, 4) is 0 Å². The van der Waals surface area contributed by atoms with E-state index in [4.69, 9.17) is 0 Å². The highest BCUT2D eigenvalue weighted by molar-refractivity contribution is 5.77. The molecule has 24 heavy (non-hydrogen) atoms. The number of carbonyl (C=O) groups excluding carboxylic acids is 1. The summed E-state index contributed by atoms with van der Waals surface area (Å²) in [5.41, 5.74) is 2.25. The molecule has 2 aromatic carbocycles. The lowest BCUT2D eigenvalue weighted by atomic mass is 9.92.